The van der Waals surface area contributed by atoms with E-state index in [2.05, 4.69) is 123 Å². The Kier molecular flexibility index (Phi) is 8.53. The van der Waals surface area contributed by atoms with Gasteiger partial charge in [0.15, 0.2) is 0 Å². The zero-order chi connectivity index (χ0) is 21.9. The molecular formula is C26H41P3. The van der Waals surface area contributed by atoms with E-state index in [9.17, 15) is 0 Å². The summed E-state index contributed by atoms with van der Waals surface area (Å²) in [6.07, 6.45) is 2.51. The molecule has 0 aliphatic carbocycles. The van der Waals surface area contributed by atoms with Crippen LogP contribution < -0.4 is 0 Å². The number of benzene rings is 2. The molecule has 0 saturated carbocycles. The van der Waals surface area contributed by atoms with Crippen LogP contribution >= 0.6 is 22.5 Å². The molecule has 0 aromatic heterocycles. The lowest BCUT2D eigenvalue weighted by Crippen LogP contribution is -2.22. The number of hydrogen-bond acceptors (Lipinski definition) is 0. The molecule has 2 aromatic carbocycles. The van der Waals surface area contributed by atoms with Gasteiger partial charge in [-0.1, -0.05) is 138 Å². The molecule has 2 rings (SSSR count). The highest BCUT2D eigenvalue weighted by atomic mass is 32.5. The first kappa shape index (κ1) is 25.0. The maximum absolute atomic E-state index is 2.52. The van der Waals surface area contributed by atoms with E-state index >= 15 is 0 Å². The lowest BCUT2D eigenvalue weighted by molar-refractivity contribution is 0.769. The molecule has 0 aliphatic heterocycles. The molecule has 0 nitrogen and oxygen atoms in total. The van der Waals surface area contributed by atoms with Gasteiger partial charge in [0.05, 0.1) is 0 Å². The Morgan fingerprint density at radius 1 is 0.483 bits per heavy atom. The Labute approximate surface area is 184 Å². The van der Waals surface area contributed by atoms with Crippen molar-refractivity contribution in [2.24, 2.45) is 0 Å². The molecule has 0 fully saturated rings. The molecule has 160 valence electrons. The van der Waals surface area contributed by atoms with Crippen LogP contribution in [0.5, 0.6) is 0 Å². The van der Waals surface area contributed by atoms with Gasteiger partial charge in [-0.25, -0.2) is 0 Å². The quantitative estimate of drug-likeness (QED) is 0.387. The Morgan fingerprint density at radius 3 is 1.03 bits per heavy atom. The molecule has 0 bridgehead atoms. The van der Waals surface area contributed by atoms with Gasteiger partial charge in [-0.05, 0) is 46.2 Å². The molecule has 0 radical (unpaired) electrons. The zero-order valence-electron chi connectivity index (χ0n) is 20.0. The van der Waals surface area contributed by atoms with Gasteiger partial charge in [-0.15, -0.1) is 0 Å². The summed E-state index contributed by atoms with van der Waals surface area (Å²) in [6.45, 7) is 22.6. The van der Waals surface area contributed by atoms with Crippen LogP contribution in [0.2, 0.25) is 0 Å². The Morgan fingerprint density at radius 2 is 0.793 bits per heavy atom. The second-order valence-electron chi connectivity index (χ2n) is 10.9. The minimum atomic E-state index is -0.136. The Bertz CT molecular complexity index is 674. The fraction of sp³-hybridized carbons (Fsp3) is 0.538. The van der Waals surface area contributed by atoms with Crippen LogP contribution in [-0.4, -0.2) is 15.5 Å². The molecular weight excluding hydrogens is 405 g/mol. The van der Waals surface area contributed by atoms with E-state index in [1.165, 1.54) is 23.5 Å². The molecule has 0 saturated heterocycles. The fourth-order valence-electron chi connectivity index (χ4n) is 3.54. The summed E-state index contributed by atoms with van der Waals surface area (Å²) in [4.78, 5) is 0. The minimum absolute atomic E-state index is 0.122. The first-order valence-electron chi connectivity index (χ1n) is 10.7. The standard InChI is InChI=1S/C26H41P3/c1-24(2,3)27(20-22-16-12-10-13-17-22)29(26(7,8)9)28(25(4,5)6)21-23-18-14-11-15-19-23/h10-19H,20-21H2,1-9H3/t27-,28+,29?. The Hall–Kier alpha value is -0.270. The van der Waals surface area contributed by atoms with E-state index in [1.807, 2.05) is 0 Å². The summed E-state index contributed by atoms with van der Waals surface area (Å²) < 4.78 is 0. The van der Waals surface area contributed by atoms with E-state index in [-0.39, 0.29) is 22.5 Å². The molecule has 3 heteroatoms. The molecule has 0 aliphatic rings. The van der Waals surface area contributed by atoms with Crippen LogP contribution in [0.3, 0.4) is 0 Å². The second-order valence-corrected chi connectivity index (χ2v) is 24.0. The highest BCUT2D eigenvalue weighted by Gasteiger charge is 2.45. The predicted molar refractivity (Wildman–Crippen MR) is 140 cm³/mol. The average Bonchev–Trinajstić information content (AvgIpc) is 2.59. The molecule has 0 amide bonds. The van der Waals surface area contributed by atoms with Gasteiger partial charge in [0.25, 0.3) is 0 Å². The van der Waals surface area contributed by atoms with Crippen molar-refractivity contribution in [2.75, 3.05) is 0 Å². The van der Waals surface area contributed by atoms with Gasteiger partial charge in [0.2, 0.25) is 0 Å². The van der Waals surface area contributed by atoms with Crippen LogP contribution in [0.15, 0.2) is 60.7 Å². The monoisotopic (exact) mass is 446 g/mol. The third kappa shape index (κ3) is 7.42. The summed E-state index contributed by atoms with van der Waals surface area (Å²) in [5, 5.41) is 1.07. The normalized spacial score (nSPS) is 16.3. The first-order valence-corrected chi connectivity index (χ1v) is 16.5. The zero-order valence-corrected chi connectivity index (χ0v) is 22.7. The van der Waals surface area contributed by atoms with E-state index in [1.54, 1.807) is 0 Å². The third-order valence-electron chi connectivity index (χ3n) is 4.96. The van der Waals surface area contributed by atoms with Gasteiger partial charge < -0.3 is 0 Å². The van der Waals surface area contributed by atoms with Crippen LogP contribution in [-0.2, 0) is 12.3 Å². The highest BCUT2D eigenvalue weighted by Crippen LogP contribution is 2.97. The van der Waals surface area contributed by atoms with Gasteiger partial charge in [0, 0.05) is 0 Å². The SMILES string of the molecule is CC(C)(C)P([P@@](Cc1ccccc1)C(C)(C)C)[P@](Cc1ccccc1)C(C)(C)C. The van der Waals surface area contributed by atoms with Crippen molar-refractivity contribution >= 4 is 22.5 Å². The molecule has 3 atom stereocenters. The minimum Gasteiger partial charge on any atom is -0.0660 e. The molecule has 0 spiro atoms. The lowest BCUT2D eigenvalue weighted by atomic mass is 10.2. The van der Waals surface area contributed by atoms with E-state index < -0.39 is 0 Å². The average molecular weight is 447 g/mol. The predicted octanol–water partition coefficient (Wildman–Crippen LogP) is 10.1. The number of rotatable bonds is 6. The smallest absolute Gasteiger partial charge is 0.00263 e. The summed E-state index contributed by atoms with van der Waals surface area (Å²) in [5.74, 6) is 0. The van der Waals surface area contributed by atoms with Gasteiger partial charge in [-0.3, -0.25) is 0 Å². The van der Waals surface area contributed by atoms with Crippen LogP contribution in [0.25, 0.3) is 0 Å². The summed E-state index contributed by atoms with van der Waals surface area (Å²) in [5.41, 5.74) is 3.04. The van der Waals surface area contributed by atoms with Crippen molar-refractivity contribution in [3.63, 3.8) is 0 Å². The maximum atomic E-state index is 2.52. The van der Waals surface area contributed by atoms with Crippen molar-refractivity contribution < 1.29 is 0 Å². The van der Waals surface area contributed by atoms with Gasteiger partial charge in [-0.2, -0.15) is 0 Å². The van der Waals surface area contributed by atoms with E-state index in [0.717, 1.165) is 0 Å². The molecule has 2 aromatic rings. The van der Waals surface area contributed by atoms with Crippen molar-refractivity contribution in [3.8, 4) is 0 Å². The van der Waals surface area contributed by atoms with E-state index in [4.69, 9.17) is 0 Å². The van der Waals surface area contributed by atoms with Gasteiger partial charge in [0.1, 0.15) is 0 Å². The second kappa shape index (κ2) is 9.90. The molecule has 29 heavy (non-hydrogen) atoms. The summed E-state index contributed by atoms with van der Waals surface area (Å²) >= 11 is 0. The first-order chi connectivity index (χ1) is 13.3. The lowest BCUT2D eigenvalue weighted by Gasteiger charge is -2.52. The van der Waals surface area contributed by atoms with Crippen molar-refractivity contribution in [1.29, 1.82) is 0 Å². The largest absolute Gasteiger partial charge is 0.0660 e. The third-order valence-corrected chi connectivity index (χ3v) is 26.2. The van der Waals surface area contributed by atoms with Gasteiger partial charge >= 0.3 is 0 Å². The molecule has 0 N–H and O–H groups in total. The van der Waals surface area contributed by atoms with Crippen LogP contribution in [0.1, 0.15) is 73.4 Å². The van der Waals surface area contributed by atoms with Crippen molar-refractivity contribution in [1.82, 2.24) is 0 Å². The van der Waals surface area contributed by atoms with Crippen molar-refractivity contribution in [3.05, 3.63) is 71.8 Å². The van der Waals surface area contributed by atoms with Crippen LogP contribution in [0, 0.1) is 0 Å². The summed E-state index contributed by atoms with van der Waals surface area (Å²) in [6, 6.07) is 22.5. The Balaban J connectivity index is 2.53. The molecule has 0 heterocycles. The van der Waals surface area contributed by atoms with E-state index in [0.29, 0.717) is 15.5 Å². The summed E-state index contributed by atoms with van der Waals surface area (Å²) in [7, 11) is -0.394. The molecule has 1 unspecified atom stereocenters. The number of hydrogen-bond donors (Lipinski definition) is 0. The highest BCUT2D eigenvalue weighted by molar-refractivity contribution is 8.61. The van der Waals surface area contributed by atoms with Crippen molar-refractivity contribution in [2.45, 2.75) is 90.1 Å². The fourth-order valence-corrected chi connectivity index (χ4v) is 27.4. The topological polar surface area (TPSA) is 0 Å². The maximum Gasteiger partial charge on any atom is -0.00263 e. The van der Waals surface area contributed by atoms with Crippen LogP contribution in [0.4, 0.5) is 0 Å².